The molecule has 2 fully saturated rings. The quantitative estimate of drug-likeness (QED) is 0.134. The van der Waals surface area contributed by atoms with Crippen molar-refractivity contribution < 1.29 is 67.1 Å². The maximum Gasteiger partial charge on any atom is -1.00 e. The van der Waals surface area contributed by atoms with Crippen LogP contribution in [0.4, 0.5) is 0 Å². The molecule has 0 unspecified atom stereocenters. The van der Waals surface area contributed by atoms with Crippen LogP contribution in [-0.4, -0.2) is 45.4 Å². The maximum atomic E-state index is 5.56. The molecule has 2 saturated heterocycles. The number of halogens is 2. The molecule has 0 atom stereocenters. The Morgan fingerprint density at radius 1 is 0.533 bits per heavy atom. The predicted octanol–water partition coefficient (Wildman–Crippen LogP) is 6.94. The first-order valence-corrected chi connectivity index (χ1v) is 27.0. The second-order valence-electron chi connectivity index (χ2n) is 19.5. The Bertz CT molecular complexity index is 2150. The fourth-order valence-electron chi connectivity index (χ4n) is 8.55. The average molecular weight is 943 g/mol. The van der Waals surface area contributed by atoms with Crippen molar-refractivity contribution in [3.05, 3.63) is 131 Å². The summed E-state index contributed by atoms with van der Waals surface area (Å²) in [6.45, 7) is 26.7. The van der Waals surface area contributed by atoms with Gasteiger partial charge in [0.2, 0.25) is 0 Å². The van der Waals surface area contributed by atoms with Crippen LogP contribution >= 0.6 is 0 Å². The molecule has 0 saturated carbocycles. The van der Waals surface area contributed by atoms with Gasteiger partial charge in [0.05, 0.1) is 26.4 Å². The van der Waals surface area contributed by atoms with Gasteiger partial charge in [-0.3, -0.25) is 0 Å². The van der Waals surface area contributed by atoms with Crippen LogP contribution in [0.15, 0.2) is 109 Å². The Morgan fingerprint density at radius 2 is 0.850 bits per heavy atom. The summed E-state index contributed by atoms with van der Waals surface area (Å²) in [6.07, 6.45) is 1.95. The smallest absolute Gasteiger partial charge is 1.00 e. The van der Waals surface area contributed by atoms with Gasteiger partial charge in [0.25, 0.3) is 0 Å². The number of benzene rings is 4. The van der Waals surface area contributed by atoms with E-state index in [4.69, 9.17) is 18.9 Å². The van der Waals surface area contributed by atoms with Gasteiger partial charge in [-0.2, -0.15) is 12.1 Å². The zero-order chi connectivity index (χ0) is 41.7. The van der Waals surface area contributed by atoms with E-state index in [1.54, 1.807) is 23.3 Å². The molecule has 2 aliphatic heterocycles. The Morgan fingerprint density at radius 3 is 1.18 bits per heavy atom. The number of fused-ring (bicyclic) bond motifs is 2. The number of hydrogen-bond acceptors (Lipinski definition) is 4. The van der Waals surface area contributed by atoms with Crippen LogP contribution in [0.1, 0.15) is 77.6 Å². The summed E-state index contributed by atoms with van der Waals surface area (Å²) in [5, 5.41) is 5.30. The van der Waals surface area contributed by atoms with Gasteiger partial charge in [-0.05, 0) is 45.9 Å². The zero-order valence-corrected chi connectivity index (χ0v) is 42.4. The van der Waals surface area contributed by atoms with Crippen molar-refractivity contribution in [2.24, 2.45) is 10.8 Å². The third-order valence-corrected chi connectivity index (χ3v) is 11.1. The third-order valence-electron chi connectivity index (χ3n) is 11.1. The zero-order valence-electron chi connectivity index (χ0n) is 37.4. The molecular weight excluding hydrogens is 879 g/mol. The molecule has 8 heteroatoms. The number of ether oxygens (including phenoxy) is 4. The molecule has 320 valence electrons. The minimum absolute atomic E-state index is 0. The largest absolute Gasteiger partial charge is 1.00 e. The first-order valence-electron chi connectivity index (χ1n) is 20.8. The van der Waals surface area contributed by atoms with Gasteiger partial charge in [-0.15, -0.1) is 69.1 Å². The van der Waals surface area contributed by atoms with Gasteiger partial charge in [0.1, 0.15) is 13.6 Å². The summed E-state index contributed by atoms with van der Waals surface area (Å²) < 4.78 is 22.2. The van der Waals surface area contributed by atoms with Crippen LogP contribution in [0.5, 0.6) is 0 Å². The topological polar surface area (TPSA) is 36.9 Å². The van der Waals surface area contributed by atoms with Crippen molar-refractivity contribution in [1.82, 2.24) is 0 Å². The van der Waals surface area contributed by atoms with E-state index in [1.807, 2.05) is 0 Å². The minimum atomic E-state index is 0. The van der Waals surface area contributed by atoms with Crippen LogP contribution < -0.4 is 24.8 Å². The summed E-state index contributed by atoms with van der Waals surface area (Å²) in [5.74, 6) is 0. The SMILES string of the molecule is CC1(Cc2cc3c(-c4ccccc4C(C)(C)C)cccc3[cH-]2)COCOC1.CC1(Cc2cc3c(-c4ccccc4C(C)(C)C)cccc3[cH-]2)COCOC1.C[Si](C)=[Zr+2].[Cl-].[Cl-]. The van der Waals surface area contributed by atoms with Crippen molar-refractivity contribution in [1.29, 1.82) is 0 Å². The van der Waals surface area contributed by atoms with Gasteiger partial charge in [-0.25, -0.2) is 0 Å². The maximum absolute atomic E-state index is 5.56. The molecule has 0 amide bonds. The molecule has 6 aromatic carbocycles. The number of rotatable bonds is 6. The summed E-state index contributed by atoms with van der Waals surface area (Å²) in [7, 11) is 0. The monoisotopic (exact) mass is 940 g/mol. The molecular formula is C52H64Cl2O4SiZr-2. The van der Waals surface area contributed by atoms with E-state index < -0.39 is 0 Å². The molecule has 60 heavy (non-hydrogen) atoms. The molecule has 0 radical (unpaired) electrons. The van der Waals surface area contributed by atoms with Crippen LogP contribution in [0, 0.1) is 10.8 Å². The molecule has 0 aromatic heterocycles. The Kier molecular flexibility index (Phi) is 17.9. The molecule has 0 bridgehead atoms. The summed E-state index contributed by atoms with van der Waals surface area (Å²) in [4.78, 5) is 0. The molecule has 2 aliphatic rings. The summed E-state index contributed by atoms with van der Waals surface area (Å²) >= 11 is 1.74. The van der Waals surface area contributed by atoms with Crippen LogP contribution in [0.25, 0.3) is 43.8 Å². The normalized spacial score (nSPS) is 16.1. The van der Waals surface area contributed by atoms with E-state index >= 15 is 0 Å². The van der Waals surface area contributed by atoms with Gasteiger partial charge in [-0.1, -0.05) is 127 Å². The van der Waals surface area contributed by atoms with E-state index in [2.05, 4.69) is 178 Å². The third kappa shape index (κ3) is 12.9. The van der Waals surface area contributed by atoms with Crippen LogP contribution in [0.2, 0.25) is 13.1 Å². The van der Waals surface area contributed by atoms with Gasteiger partial charge in [0, 0.05) is 10.8 Å². The molecule has 2 heterocycles. The molecule has 0 spiro atoms. The first kappa shape index (κ1) is 50.3. The van der Waals surface area contributed by atoms with Crippen LogP contribution in [0.3, 0.4) is 0 Å². The van der Waals surface area contributed by atoms with E-state index in [1.165, 1.54) is 66.1 Å². The standard InChI is InChI=1S/2C25H29O2.C2H6Si.2ClH.Zr/c2*1-24(2,3)23-11-6-5-9-21(23)20-10-7-8-19-12-18(13-22(19)20)14-25(4)15-26-17-27-16-25;1-3-2;;;/h2*5-13H,14-17H2,1-4H3;1-2H3;2*1H;/q2*-1;;;;+2/p-2. The van der Waals surface area contributed by atoms with E-state index in [0.29, 0.717) is 13.6 Å². The summed E-state index contributed by atoms with van der Waals surface area (Å²) in [5.41, 5.74) is 11.4. The molecule has 0 N–H and O–H groups in total. The predicted molar refractivity (Wildman–Crippen MR) is 242 cm³/mol. The van der Waals surface area contributed by atoms with E-state index in [-0.39, 0.29) is 51.9 Å². The fourth-order valence-corrected chi connectivity index (χ4v) is 8.55. The van der Waals surface area contributed by atoms with Crippen LogP contribution in [-0.2, 0) is 66.0 Å². The van der Waals surface area contributed by atoms with E-state index in [0.717, 1.165) is 39.3 Å². The minimum Gasteiger partial charge on any atom is -1.00 e. The fraction of sp³-hybridized carbons (Fsp3) is 0.423. The first-order chi connectivity index (χ1) is 27.4. The Labute approximate surface area is 388 Å². The second-order valence-corrected chi connectivity index (χ2v) is 28.9. The molecule has 8 rings (SSSR count). The molecule has 6 aromatic rings. The van der Waals surface area contributed by atoms with Gasteiger partial charge < -0.3 is 43.8 Å². The molecule has 0 aliphatic carbocycles. The average Bonchev–Trinajstić information content (AvgIpc) is 3.77. The second kappa shape index (κ2) is 21.3. The van der Waals surface area contributed by atoms with Crippen molar-refractivity contribution >= 4 is 27.0 Å². The van der Waals surface area contributed by atoms with Crippen molar-refractivity contribution in [3.63, 3.8) is 0 Å². The van der Waals surface area contributed by atoms with Crippen molar-refractivity contribution in [3.8, 4) is 22.3 Å². The van der Waals surface area contributed by atoms with Crippen molar-refractivity contribution in [2.45, 2.75) is 92.2 Å². The van der Waals surface area contributed by atoms with E-state index in [9.17, 15) is 0 Å². The molecule has 4 nitrogen and oxygen atoms in total. The van der Waals surface area contributed by atoms with Gasteiger partial charge in [0.15, 0.2) is 0 Å². The number of hydrogen-bond donors (Lipinski definition) is 0. The van der Waals surface area contributed by atoms with Gasteiger partial charge >= 0.3 is 41.9 Å². The Balaban J connectivity index is 0.000000236. The van der Waals surface area contributed by atoms with Crippen molar-refractivity contribution in [2.75, 3.05) is 40.0 Å². The Hall–Kier alpha value is -2.38. The summed E-state index contributed by atoms with van der Waals surface area (Å²) in [6, 6.07) is 40.3.